The van der Waals surface area contributed by atoms with Crippen LogP contribution in [0.15, 0.2) is 42.6 Å². The monoisotopic (exact) mass is 207 g/mol. The molecule has 0 saturated carbocycles. The highest BCUT2D eigenvalue weighted by molar-refractivity contribution is 6.33. The number of hydrogen-bond acceptors (Lipinski definition) is 1. The van der Waals surface area contributed by atoms with Crippen molar-refractivity contribution in [3.63, 3.8) is 0 Å². The van der Waals surface area contributed by atoms with E-state index in [-0.39, 0.29) is 0 Å². The van der Waals surface area contributed by atoms with Gasteiger partial charge in [0.25, 0.3) is 0 Å². The van der Waals surface area contributed by atoms with Gasteiger partial charge in [0.2, 0.25) is 5.95 Å². The minimum atomic E-state index is -0.560. The molecule has 0 fully saturated rings. The van der Waals surface area contributed by atoms with Crippen LogP contribution in [0.5, 0.6) is 0 Å². The summed E-state index contributed by atoms with van der Waals surface area (Å²) in [6.07, 6.45) is 1.44. The SMILES string of the molecule is Fc1cc(Cl)c(-c2ccccc2)cn1. The van der Waals surface area contributed by atoms with Gasteiger partial charge in [-0.15, -0.1) is 0 Å². The first kappa shape index (κ1) is 9.16. The Bertz CT molecular complexity index is 442. The van der Waals surface area contributed by atoms with Crippen molar-refractivity contribution in [2.24, 2.45) is 0 Å². The molecule has 0 aliphatic heterocycles. The molecule has 0 saturated heterocycles. The van der Waals surface area contributed by atoms with Crippen LogP contribution in [0.3, 0.4) is 0 Å². The fourth-order valence-electron chi connectivity index (χ4n) is 1.24. The maximum absolute atomic E-state index is 12.7. The molecule has 0 spiro atoms. The number of hydrogen-bond donors (Lipinski definition) is 0. The van der Waals surface area contributed by atoms with E-state index in [9.17, 15) is 4.39 Å². The van der Waals surface area contributed by atoms with Crippen LogP contribution in [-0.4, -0.2) is 4.98 Å². The van der Waals surface area contributed by atoms with Gasteiger partial charge in [-0.2, -0.15) is 4.39 Å². The average Bonchev–Trinajstić information content (AvgIpc) is 2.19. The molecule has 0 bridgehead atoms. The summed E-state index contributed by atoms with van der Waals surface area (Å²) in [7, 11) is 0. The van der Waals surface area contributed by atoms with Gasteiger partial charge in [-0.3, -0.25) is 0 Å². The van der Waals surface area contributed by atoms with Gasteiger partial charge >= 0.3 is 0 Å². The average molecular weight is 208 g/mol. The van der Waals surface area contributed by atoms with Gasteiger partial charge < -0.3 is 0 Å². The lowest BCUT2D eigenvalue weighted by molar-refractivity contribution is 0.584. The minimum Gasteiger partial charge on any atom is -0.228 e. The van der Waals surface area contributed by atoms with E-state index in [1.54, 1.807) is 0 Å². The maximum Gasteiger partial charge on any atom is 0.214 e. The van der Waals surface area contributed by atoms with Crippen molar-refractivity contribution < 1.29 is 4.39 Å². The standard InChI is InChI=1S/C11H7ClFN/c12-10-6-11(13)14-7-9(10)8-4-2-1-3-5-8/h1-7H. The van der Waals surface area contributed by atoms with Crippen LogP contribution in [0.4, 0.5) is 4.39 Å². The molecule has 1 nitrogen and oxygen atoms in total. The minimum absolute atomic E-state index is 0.378. The topological polar surface area (TPSA) is 12.9 Å². The molecule has 3 heteroatoms. The van der Waals surface area contributed by atoms with E-state index in [4.69, 9.17) is 11.6 Å². The van der Waals surface area contributed by atoms with Crippen molar-refractivity contribution in [2.75, 3.05) is 0 Å². The van der Waals surface area contributed by atoms with Gasteiger partial charge in [-0.05, 0) is 5.56 Å². The van der Waals surface area contributed by atoms with Crippen LogP contribution in [0.2, 0.25) is 5.02 Å². The lowest BCUT2D eigenvalue weighted by Gasteiger charge is -2.02. The molecule has 0 aliphatic rings. The van der Waals surface area contributed by atoms with Crippen LogP contribution in [0.25, 0.3) is 11.1 Å². The third kappa shape index (κ3) is 1.75. The molecular weight excluding hydrogens is 201 g/mol. The van der Waals surface area contributed by atoms with Crippen LogP contribution in [-0.2, 0) is 0 Å². The zero-order valence-corrected chi connectivity index (χ0v) is 8.00. The van der Waals surface area contributed by atoms with Crippen molar-refractivity contribution in [3.05, 3.63) is 53.6 Å². The molecule has 1 aromatic carbocycles. The van der Waals surface area contributed by atoms with E-state index in [0.29, 0.717) is 5.02 Å². The Morgan fingerprint density at radius 2 is 1.86 bits per heavy atom. The van der Waals surface area contributed by atoms with Crippen molar-refractivity contribution in [1.29, 1.82) is 0 Å². The number of benzene rings is 1. The number of nitrogens with zero attached hydrogens (tertiary/aromatic N) is 1. The molecule has 70 valence electrons. The summed E-state index contributed by atoms with van der Waals surface area (Å²) in [5, 5.41) is 0.378. The summed E-state index contributed by atoms with van der Waals surface area (Å²) < 4.78 is 12.7. The molecule has 0 amide bonds. The van der Waals surface area contributed by atoms with E-state index in [2.05, 4.69) is 4.98 Å². The molecule has 2 aromatic rings. The van der Waals surface area contributed by atoms with E-state index < -0.39 is 5.95 Å². The van der Waals surface area contributed by atoms with Crippen LogP contribution in [0.1, 0.15) is 0 Å². The first-order valence-corrected chi connectivity index (χ1v) is 4.51. The second kappa shape index (κ2) is 3.76. The summed E-state index contributed by atoms with van der Waals surface area (Å²) in [5.41, 5.74) is 1.68. The van der Waals surface area contributed by atoms with E-state index in [0.717, 1.165) is 11.1 Å². The summed E-state index contributed by atoms with van der Waals surface area (Å²) in [5.74, 6) is -0.560. The lowest BCUT2D eigenvalue weighted by Crippen LogP contribution is -1.85. The van der Waals surface area contributed by atoms with Crippen LogP contribution < -0.4 is 0 Å². The third-order valence-corrected chi connectivity index (χ3v) is 2.22. The summed E-state index contributed by atoms with van der Waals surface area (Å²) >= 11 is 5.88. The highest BCUT2D eigenvalue weighted by Gasteiger charge is 2.04. The molecule has 2 rings (SSSR count). The zero-order valence-electron chi connectivity index (χ0n) is 7.24. The smallest absolute Gasteiger partial charge is 0.214 e. The van der Waals surface area contributed by atoms with Crippen molar-refractivity contribution in [2.45, 2.75) is 0 Å². The van der Waals surface area contributed by atoms with E-state index >= 15 is 0 Å². The summed E-state index contributed by atoms with van der Waals surface area (Å²) in [4.78, 5) is 3.57. The van der Waals surface area contributed by atoms with Gasteiger partial charge in [-0.1, -0.05) is 41.9 Å². The van der Waals surface area contributed by atoms with Crippen LogP contribution in [0, 0.1) is 5.95 Å². The Balaban J connectivity index is 2.53. The van der Waals surface area contributed by atoms with Gasteiger partial charge in [0.1, 0.15) is 0 Å². The Morgan fingerprint density at radius 3 is 2.50 bits per heavy atom. The van der Waals surface area contributed by atoms with Gasteiger partial charge in [0, 0.05) is 17.8 Å². The molecule has 1 heterocycles. The molecule has 0 N–H and O–H groups in total. The normalized spacial score (nSPS) is 10.1. The van der Waals surface area contributed by atoms with Crippen LogP contribution >= 0.6 is 11.6 Å². The Labute approximate surface area is 86.2 Å². The summed E-state index contributed by atoms with van der Waals surface area (Å²) in [6, 6.07) is 10.7. The summed E-state index contributed by atoms with van der Waals surface area (Å²) in [6.45, 7) is 0. The molecule has 1 aromatic heterocycles. The highest BCUT2D eigenvalue weighted by Crippen LogP contribution is 2.26. The second-order valence-corrected chi connectivity index (χ2v) is 3.26. The molecule has 0 unspecified atom stereocenters. The van der Waals surface area contributed by atoms with Gasteiger partial charge in [0.05, 0.1) is 5.02 Å². The fourth-order valence-corrected chi connectivity index (χ4v) is 1.49. The Kier molecular flexibility index (Phi) is 2.46. The molecular formula is C11H7ClFN. The van der Waals surface area contributed by atoms with Gasteiger partial charge in [0.15, 0.2) is 0 Å². The van der Waals surface area contributed by atoms with E-state index in [1.165, 1.54) is 12.3 Å². The predicted octanol–water partition coefficient (Wildman–Crippen LogP) is 3.54. The van der Waals surface area contributed by atoms with E-state index in [1.807, 2.05) is 30.3 Å². The second-order valence-electron chi connectivity index (χ2n) is 2.85. The maximum atomic E-state index is 12.7. The quantitative estimate of drug-likeness (QED) is 0.652. The number of halogens is 2. The number of rotatable bonds is 1. The number of aromatic nitrogens is 1. The van der Waals surface area contributed by atoms with Crippen molar-refractivity contribution in [1.82, 2.24) is 4.98 Å². The number of pyridine rings is 1. The first-order valence-electron chi connectivity index (χ1n) is 4.14. The van der Waals surface area contributed by atoms with Gasteiger partial charge in [-0.25, -0.2) is 4.98 Å². The Morgan fingerprint density at radius 1 is 1.14 bits per heavy atom. The Hall–Kier alpha value is -1.41. The lowest BCUT2D eigenvalue weighted by atomic mass is 10.1. The first-order chi connectivity index (χ1) is 6.77. The molecule has 0 atom stereocenters. The van der Waals surface area contributed by atoms with Crippen molar-refractivity contribution in [3.8, 4) is 11.1 Å². The predicted molar refractivity (Wildman–Crippen MR) is 54.6 cm³/mol. The largest absolute Gasteiger partial charge is 0.228 e. The third-order valence-electron chi connectivity index (χ3n) is 1.90. The molecule has 0 radical (unpaired) electrons. The molecule has 14 heavy (non-hydrogen) atoms. The fraction of sp³-hybridized carbons (Fsp3) is 0. The zero-order chi connectivity index (χ0) is 9.97. The van der Waals surface area contributed by atoms with Crippen molar-refractivity contribution >= 4 is 11.6 Å². The highest BCUT2D eigenvalue weighted by atomic mass is 35.5. The molecule has 0 aliphatic carbocycles.